The summed E-state index contributed by atoms with van der Waals surface area (Å²) >= 11 is 0. The number of hydrogen-bond acceptors (Lipinski definition) is 4. The molecular formula is C27H50O4. The van der Waals surface area contributed by atoms with Gasteiger partial charge in [0.2, 0.25) is 0 Å². The molecule has 0 aromatic carbocycles. The topological polar surface area (TPSA) is 52.6 Å². The zero-order valence-corrected chi connectivity index (χ0v) is 20.8. The van der Waals surface area contributed by atoms with E-state index in [9.17, 15) is 9.59 Å². The molecule has 0 aromatic heterocycles. The zero-order valence-electron chi connectivity index (χ0n) is 20.8. The maximum Gasteiger partial charge on any atom is 0.309 e. The molecule has 0 aliphatic heterocycles. The third-order valence-corrected chi connectivity index (χ3v) is 6.53. The van der Waals surface area contributed by atoms with Gasteiger partial charge >= 0.3 is 11.9 Å². The summed E-state index contributed by atoms with van der Waals surface area (Å²) in [5.74, 6) is -0.215. The van der Waals surface area contributed by atoms with Crippen molar-refractivity contribution in [2.75, 3.05) is 13.2 Å². The van der Waals surface area contributed by atoms with Crippen LogP contribution in [-0.2, 0) is 19.1 Å². The predicted molar refractivity (Wildman–Crippen MR) is 128 cm³/mol. The molecule has 1 fully saturated rings. The molecule has 1 saturated carbocycles. The molecule has 2 atom stereocenters. The highest BCUT2D eigenvalue weighted by molar-refractivity contribution is 5.82. The van der Waals surface area contributed by atoms with E-state index in [0.717, 1.165) is 57.3 Å². The molecule has 4 nitrogen and oxygen atoms in total. The van der Waals surface area contributed by atoms with Gasteiger partial charge < -0.3 is 9.47 Å². The molecule has 1 aliphatic carbocycles. The summed E-state index contributed by atoms with van der Waals surface area (Å²) in [4.78, 5) is 25.2. The van der Waals surface area contributed by atoms with Crippen molar-refractivity contribution in [3.8, 4) is 0 Å². The smallest absolute Gasteiger partial charge is 0.309 e. The van der Waals surface area contributed by atoms with E-state index >= 15 is 0 Å². The van der Waals surface area contributed by atoms with E-state index in [-0.39, 0.29) is 23.8 Å². The maximum atomic E-state index is 12.6. The van der Waals surface area contributed by atoms with Crippen LogP contribution < -0.4 is 0 Å². The van der Waals surface area contributed by atoms with E-state index < -0.39 is 0 Å². The molecule has 0 N–H and O–H groups in total. The number of carbonyl (C=O) groups excluding carboxylic acids is 2. The van der Waals surface area contributed by atoms with Crippen LogP contribution in [0.2, 0.25) is 0 Å². The van der Waals surface area contributed by atoms with Crippen molar-refractivity contribution in [2.24, 2.45) is 17.8 Å². The van der Waals surface area contributed by atoms with E-state index in [1.54, 1.807) is 0 Å². The molecular weight excluding hydrogens is 388 g/mol. The zero-order chi connectivity index (χ0) is 22.7. The Morgan fingerprint density at radius 1 is 0.677 bits per heavy atom. The van der Waals surface area contributed by atoms with Crippen LogP contribution in [0.3, 0.4) is 0 Å². The Bertz CT molecular complexity index is 460. The fraction of sp³-hybridized carbons (Fsp3) is 0.926. The maximum absolute atomic E-state index is 12.6. The van der Waals surface area contributed by atoms with Gasteiger partial charge in [-0.05, 0) is 31.6 Å². The van der Waals surface area contributed by atoms with Gasteiger partial charge in [0.25, 0.3) is 0 Å². The molecule has 1 rings (SSSR count). The van der Waals surface area contributed by atoms with Crippen LogP contribution in [0, 0.1) is 17.8 Å². The Kier molecular flexibility index (Phi) is 16.7. The minimum absolute atomic E-state index is 0.182. The van der Waals surface area contributed by atoms with E-state index in [0.29, 0.717) is 13.2 Å². The largest absolute Gasteiger partial charge is 0.465 e. The van der Waals surface area contributed by atoms with Crippen LogP contribution in [0.4, 0.5) is 0 Å². The molecule has 4 heteroatoms. The van der Waals surface area contributed by atoms with E-state index in [4.69, 9.17) is 9.47 Å². The molecule has 31 heavy (non-hydrogen) atoms. The molecule has 0 radical (unpaired) electrons. The lowest BCUT2D eigenvalue weighted by atomic mass is 9.79. The Labute approximate surface area is 192 Å². The normalized spacial score (nSPS) is 18.8. The highest BCUT2D eigenvalue weighted by atomic mass is 16.5. The van der Waals surface area contributed by atoms with Gasteiger partial charge in [-0.1, -0.05) is 104 Å². The summed E-state index contributed by atoms with van der Waals surface area (Å²) < 4.78 is 11.1. The number of rotatable bonds is 18. The third kappa shape index (κ3) is 13.9. The standard InChI is InChI=1S/C27H50O4/c1-4-5-6-7-8-9-11-16-21-30-26(28)24-19-14-15-20-25(24)27(29)31-22-17-12-10-13-18-23(2)3/h23-25H,4-22H2,1-3H3. The first-order chi connectivity index (χ1) is 15.1. The number of hydrogen-bond donors (Lipinski definition) is 0. The van der Waals surface area contributed by atoms with Crippen molar-refractivity contribution in [3.63, 3.8) is 0 Å². The highest BCUT2D eigenvalue weighted by Gasteiger charge is 2.37. The van der Waals surface area contributed by atoms with Gasteiger partial charge in [0.15, 0.2) is 0 Å². The van der Waals surface area contributed by atoms with Gasteiger partial charge in [0.1, 0.15) is 0 Å². The fourth-order valence-corrected chi connectivity index (χ4v) is 4.50. The van der Waals surface area contributed by atoms with Gasteiger partial charge in [-0.2, -0.15) is 0 Å². The first kappa shape index (κ1) is 28.0. The molecule has 0 aromatic rings. The molecule has 0 bridgehead atoms. The first-order valence-corrected chi connectivity index (χ1v) is 13.4. The van der Waals surface area contributed by atoms with Crippen molar-refractivity contribution < 1.29 is 19.1 Å². The SMILES string of the molecule is CCCCCCCCCCOC(=O)C1CCCCC1C(=O)OCCCCCCC(C)C. The summed E-state index contributed by atoms with van der Waals surface area (Å²) in [6.45, 7) is 7.71. The van der Waals surface area contributed by atoms with E-state index in [1.807, 2.05) is 0 Å². The Hall–Kier alpha value is -1.06. The number of ether oxygens (including phenoxy) is 2. The third-order valence-electron chi connectivity index (χ3n) is 6.53. The molecule has 2 unspecified atom stereocenters. The Morgan fingerprint density at radius 3 is 1.55 bits per heavy atom. The second kappa shape index (κ2) is 18.5. The fourth-order valence-electron chi connectivity index (χ4n) is 4.50. The lowest BCUT2D eigenvalue weighted by Gasteiger charge is -2.28. The average Bonchev–Trinajstić information content (AvgIpc) is 2.76. The monoisotopic (exact) mass is 438 g/mol. The van der Waals surface area contributed by atoms with Crippen LogP contribution in [0.15, 0.2) is 0 Å². The van der Waals surface area contributed by atoms with E-state index in [2.05, 4.69) is 20.8 Å². The summed E-state index contributed by atoms with van der Waals surface area (Å²) in [5, 5.41) is 0. The number of esters is 2. The summed E-state index contributed by atoms with van der Waals surface area (Å²) in [6.07, 6.45) is 19.1. The Balaban J connectivity index is 2.18. The van der Waals surface area contributed by atoms with Gasteiger partial charge in [-0.25, -0.2) is 0 Å². The van der Waals surface area contributed by atoms with Gasteiger partial charge in [-0.3, -0.25) is 9.59 Å². The number of unbranched alkanes of at least 4 members (excludes halogenated alkanes) is 10. The first-order valence-electron chi connectivity index (χ1n) is 13.4. The second-order valence-electron chi connectivity index (χ2n) is 9.90. The second-order valence-corrected chi connectivity index (χ2v) is 9.90. The highest BCUT2D eigenvalue weighted by Crippen LogP contribution is 2.32. The molecule has 0 heterocycles. The minimum atomic E-state index is -0.305. The van der Waals surface area contributed by atoms with Crippen LogP contribution in [0.5, 0.6) is 0 Å². The summed E-state index contributed by atoms with van der Waals surface area (Å²) in [5.41, 5.74) is 0. The lowest BCUT2D eigenvalue weighted by Crippen LogP contribution is -2.35. The van der Waals surface area contributed by atoms with Crippen molar-refractivity contribution in [1.82, 2.24) is 0 Å². The molecule has 0 amide bonds. The van der Waals surface area contributed by atoms with Crippen LogP contribution in [-0.4, -0.2) is 25.2 Å². The van der Waals surface area contributed by atoms with E-state index in [1.165, 1.54) is 57.8 Å². The van der Waals surface area contributed by atoms with Crippen molar-refractivity contribution in [2.45, 2.75) is 130 Å². The van der Waals surface area contributed by atoms with Crippen molar-refractivity contribution in [3.05, 3.63) is 0 Å². The molecule has 182 valence electrons. The lowest BCUT2D eigenvalue weighted by molar-refractivity contribution is -0.163. The molecule has 0 saturated heterocycles. The molecule has 1 aliphatic rings. The van der Waals surface area contributed by atoms with Gasteiger partial charge in [0.05, 0.1) is 25.0 Å². The molecule has 0 spiro atoms. The van der Waals surface area contributed by atoms with Crippen molar-refractivity contribution >= 4 is 11.9 Å². The predicted octanol–water partition coefficient (Wildman–Crippen LogP) is 7.63. The average molecular weight is 439 g/mol. The minimum Gasteiger partial charge on any atom is -0.465 e. The number of carbonyl (C=O) groups is 2. The van der Waals surface area contributed by atoms with Crippen LogP contribution >= 0.6 is 0 Å². The van der Waals surface area contributed by atoms with Crippen molar-refractivity contribution in [1.29, 1.82) is 0 Å². The Morgan fingerprint density at radius 2 is 1.10 bits per heavy atom. The van der Waals surface area contributed by atoms with Gasteiger partial charge in [0, 0.05) is 0 Å². The van der Waals surface area contributed by atoms with Gasteiger partial charge in [-0.15, -0.1) is 0 Å². The summed E-state index contributed by atoms with van der Waals surface area (Å²) in [6, 6.07) is 0. The van der Waals surface area contributed by atoms with Crippen LogP contribution in [0.25, 0.3) is 0 Å². The summed E-state index contributed by atoms with van der Waals surface area (Å²) in [7, 11) is 0. The van der Waals surface area contributed by atoms with Crippen LogP contribution in [0.1, 0.15) is 130 Å². The quantitative estimate of drug-likeness (QED) is 0.163.